The molecular weight excluding hydrogens is 214 g/mol. The zero-order valence-corrected chi connectivity index (χ0v) is 10.4. The number of rotatable bonds is 4. The van der Waals surface area contributed by atoms with Gasteiger partial charge in [-0.05, 0) is 25.3 Å². The third-order valence-electron chi connectivity index (χ3n) is 3.40. The fraction of sp³-hybridized carbons (Fsp3) is 0.571. The van der Waals surface area contributed by atoms with Gasteiger partial charge >= 0.3 is 0 Å². The predicted octanol–water partition coefficient (Wildman–Crippen LogP) is 2.44. The summed E-state index contributed by atoms with van der Waals surface area (Å²) >= 11 is 0. The van der Waals surface area contributed by atoms with Gasteiger partial charge in [-0.3, -0.25) is 0 Å². The Morgan fingerprint density at radius 1 is 1.41 bits per heavy atom. The summed E-state index contributed by atoms with van der Waals surface area (Å²) in [7, 11) is 0. The van der Waals surface area contributed by atoms with Crippen LogP contribution in [0.1, 0.15) is 31.7 Å². The smallest absolute Gasteiger partial charge is 0.120 e. The van der Waals surface area contributed by atoms with Crippen LogP contribution in [0.3, 0.4) is 0 Å². The van der Waals surface area contributed by atoms with Crippen molar-refractivity contribution in [2.75, 3.05) is 6.61 Å². The lowest BCUT2D eigenvalue weighted by molar-refractivity contribution is -0.000337. The molecule has 1 aromatic carbocycles. The van der Waals surface area contributed by atoms with Gasteiger partial charge in [0.2, 0.25) is 0 Å². The summed E-state index contributed by atoms with van der Waals surface area (Å²) < 4.78 is 5.64. The Morgan fingerprint density at radius 3 is 3.00 bits per heavy atom. The largest absolute Gasteiger partial charge is 0.508 e. The van der Waals surface area contributed by atoms with E-state index in [0.717, 1.165) is 38.0 Å². The van der Waals surface area contributed by atoms with Crippen molar-refractivity contribution in [2.45, 2.75) is 44.9 Å². The monoisotopic (exact) mass is 235 g/mol. The Balaban J connectivity index is 1.84. The highest BCUT2D eigenvalue weighted by Crippen LogP contribution is 2.19. The van der Waals surface area contributed by atoms with Gasteiger partial charge in [0, 0.05) is 24.8 Å². The standard InChI is InChI=1S/C14H21NO2/c1-2-13-9-12(7-8-17-13)15-10-11-5-3-4-6-14(11)16/h3-6,12-13,15-16H,2,7-10H2,1H3. The second-order valence-corrected chi connectivity index (χ2v) is 4.63. The quantitative estimate of drug-likeness (QED) is 0.842. The topological polar surface area (TPSA) is 41.5 Å². The molecular formula is C14H21NO2. The average molecular weight is 235 g/mol. The molecule has 0 aliphatic carbocycles. The van der Waals surface area contributed by atoms with Crippen LogP contribution in [-0.4, -0.2) is 23.9 Å². The van der Waals surface area contributed by atoms with Crippen molar-refractivity contribution in [1.29, 1.82) is 0 Å². The zero-order valence-electron chi connectivity index (χ0n) is 10.4. The van der Waals surface area contributed by atoms with E-state index in [1.807, 2.05) is 18.2 Å². The van der Waals surface area contributed by atoms with Gasteiger partial charge in [0.25, 0.3) is 0 Å². The number of hydrogen-bond donors (Lipinski definition) is 2. The number of ether oxygens (including phenoxy) is 1. The van der Waals surface area contributed by atoms with E-state index in [-0.39, 0.29) is 0 Å². The molecule has 1 saturated heterocycles. The molecule has 0 saturated carbocycles. The maximum absolute atomic E-state index is 9.67. The average Bonchev–Trinajstić information content (AvgIpc) is 2.38. The summed E-state index contributed by atoms with van der Waals surface area (Å²) in [5, 5.41) is 13.2. The highest BCUT2D eigenvalue weighted by Gasteiger charge is 2.20. The van der Waals surface area contributed by atoms with E-state index in [0.29, 0.717) is 17.9 Å². The lowest BCUT2D eigenvalue weighted by atomic mass is 10.0. The Bertz CT molecular complexity index is 354. The SMILES string of the molecule is CCC1CC(NCc2ccccc2O)CCO1. The van der Waals surface area contributed by atoms with Gasteiger partial charge in [-0.15, -0.1) is 0 Å². The molecule has 1 aliphatic rings. The van der Waals surface area contributed by atoms with E-state index in [9.17, 15) is 5.11 Å². The summed E-state index contributed by atoms with van der Waals surface area (Å²) in [6, 6.07) is 8.00. The fourth-order valence-electron chi connectivity index (χ4n) is 2.26. The minimum absolute atomic E-state index is 0.374. The van der Waals surface area contributed by atoms with Gasteiger partial charge in [-0.2, -0.15) is 0 Å². The number of phenolic OH excluding ortho intramolecular Hbond substituents is 1. The number of benzene rings is 1. The number of nitrogens with one attached hydrogen (secondary N) is 1. The highest BCUT2D eigenvalue weighted by molar-refractivity contribution is 5.31. The number of para-hydroxylation sites is 1. The minimum Gasteiger partial charge on any atom is -0.508 e. The van der Waals surface area contributed by atoms with Crippen molar-refractivity contribution in [1.82, 2.24) is 5.32 Å². The van der Waals surface area contributed by atoms with Crippen LogP contribution in [0, 0.1) is 0 Å². The summed E-state index contributed by atoms with van der Waals surface area (Å²) in [6.45, 7) is 3.74. The van der Waals surface area contributed by atoms with E-state index < -0.39 is 0 Å². The molecule has 1 aliphatic heterocycles. The molecule has 94 valence electrons. The summed E-state index contributed by atoms with van der Waals surface area (Å²) in [5.74, 6) is 0.374. The van der Waals surface area contributed by atoms with E-state index in [1.54, 1.807) is 6.07 Å². The van der Waals surface area contributed by atoms with E-state index in [4.69, 9.17) is 4.74 Å². The molecule has 0 bridgehead atoms. The van der Waals surface area contributed by atoms with Crippen LogP contribution >= 0.6 is 0 Å². The van der Waals surface area contributed by atoms with E-state index >= 15 is 0 Å². The second kappa shape index (κ2) is 6.03. The summed E-state index contributed by atoms with van der Waals surface area (Å²) in [5.41, 5.74) is 0.965. The lowest BCUT2D eigenvalue weighted by Gasteiger charge is -2.29. The summed E-state index contributed by atoms with van der Waals surface area (Å²) in [6.07, 6.45) is 3.61. The molecule has 1 aromatic rings. The molecule has 2 rings (SSSR count). The zero-order chi connectivity index (χ0) is 12.1. The first-order valence-electron chi connectivity index (χ1n) is 6.41. The van der Waals surface area contributed by atoms with Gasteiger partial charge < -0.3 is 15.2 Å². The van der Waals surface area contributed by atoms with Crippen molar-refractivity contribution in [2.24, 2.45) is 0 Å². The first-order valence-corrected chi connectivity index (χ1v) is 6.41. The third-order valence-corrected chi connectivity index (χ3v) is 3.40. The van der Waals surface area contributed by atoms with Gasteiger partial charge in [-0.1, -0.05) is 25.1 Å². The molecule has 0 radical (unpaired) electrons. The molecule has 1 heterocycles. The maximum Gasteiger partial charge on any atom is 0.120 e. The lowest BCUT2D eigenvalue weighted by Crippen LogP contribution is -2.38. The van der Waals surface area contributed by atoms with Gasteiger partial charge in [0.1, 0.15) is 5.75 Å². The molecule has 0 spiro atoms. The Hall–Kier alpha value is -1.06. The molecule has 0 aromatic heterocycles. The summed E-state index contributed by atoms with van der Waals surface area (Å²) in [4.78, 5) is 0. The van der Waals surface area contributed by atoms with Gasteiger partial charge in [0.05, 0.1) is 6.10 Å². The third kappa shape index (κ3) is 3.45. The molecule has 3 nitrogen and oxygen atoms in total. The first-order chi connectivity index (χ1) is 8.29. The van der Waals surface area contributed by atoms with Crippen LogP contribution in [0.25, 0.3) is 0 Å². The van der Waals surface area contributed by atoms with Crippen LogP contribution in [-0.2, 0) is 11.3 Å². The second-order valence-electron chi connectivity index (χ2n) is 4.63. The number of aromatic hydroxyl groups is 1. The predicted molar refractivity (Wildman–Crippen MR) is 68.0 cm³/mol. The molecule has 0 amide bonds. The van der Waals surface area contributed by atoms with Crippen LogP contribution in [0.5, 0.6) is 5.75 Å². The van der Waals surface area contributed by atoms with Gasteiger partial charge in [0.15, 0.2) is 0 Å². The van der Waals surface area contributed by atoms with Crippen molar-refractivity contribution in [3.05, 3.63) is 29.8 Å². The first kappa shape index (κ1) is 12.4. The molecule has 3 heteroatoms. The van der Waals surface area contributed by atoms with Crippen LogP contribution in [0.2, 0.25) is 0 Å². The van der Waals surface area contributed by atoms with E-state index in [1.165, 1.54) is 0 Å². The Morgan fingerprint density at radius 2 is 2.24 bits per heavy atom. The Kier molecular flexibility index (Phi) is 4.40. The Labute approximate surface area is 103 Å². The van der Waals surface area contributed by atoms with E-state index in [2.05, 4.69) is 12.2 Å². The molecule has 2 unspecified atom stereocenters. The molecule has 1 fully saturated rings. The van der Waals surface area contributed by atoms with Gasteiger partial charge in [-0.25, -0.2) is 0 Å². The van der Waals surface area contributed by atoms with Crippen LogP contribution < -0.4 is 5.32 Å². The van der Waals surface area contributed by atoms with Crippen molar-refractivity contribution < 1.29 is 9.84 Å². The van der Waals surface area contributed by atoms with Crippen LogP contribution in [0.15, 0.2) is 24.3 Å². The molecule has 2 N–H and O–H groups in total. The number of phenols is 1. The minimum atomic E-state index is 0.374. The van der Waals surface area contributed by atoms with Crippen molar-refractivity contribution in [3.8, 4) is 5.75 Å². The normalized spacial score (nSPS) is 24.8. The number of hydrogen-bond acceptors (Lipinski definition) is 3. The maximum atomic E-state index is 9.67. The van der Waals surface area contributed by atoms with Crippen LogP contribution in [0.4, 0.5) is 0 Å². The highest BCUT2D eigenvalue weighted by atomic mass is 16.5. The van der Waals surface area contributed by atoms with Crippen molar-refractivity contribution >= 4 is 0 Å². The van der Waals surface area contributed by atoms with Crippen molar-refractivity contribution in [3.63, 3.8) is 0 Å². The molecule has 2 atom stereocenters. The fourth-order valence-corrected chi connectivity index (χ4v) is 2.26. The molecule has 17 heavy (non-hydrogen) atoms.